The molecule has 0 amide bonds. The molecule has 1 atom stereocenters. The van der Waals surface area contributed by atoms with E-state index in [1.54, 1.807) is 12.3 Å². The van der Waals surface area contributed by atoms with Crippen LogP contribution in [0.2, 0.25) is 5.02 Å². The fourth-order valence-electron chi connectivity index (χ4n) is 2.59. The summed E-state index contributed by atoms with van der Waals surface area (Å²) in [5.41, 5.74) is 6.15. The highest BCUT2D eigenvalue weighted by Gasteiger charge is 2.25. The lowest BCUT2D eigenvalue weighted by molar-refractivity contribution is 0.318. The molecule has 0 spiro atoms. The molecule has 0 aliphatic carbocycles. The number of oxime groups is 1. The number of nitrogens with two attached hydrogens (primary N) is 1. The van der Waals surface area contributed by atoms with Crippen molar-refractivity contribution in [1.29, 1.82) is 0 Å². The van der Waals surface area contributed by atoms with Gasteiger partial charge in [0.1, 0.15) is 5.82 Å². The zero-order chi connectivity index (χ0) is 13.8. The third kappa shape index (κ3) is 2.76. The minimum absolute atomic E-state index is 0.0127. The maximum atomic E-state index is 8.78. The summed E-state index contributed by atoms with van der Waals surface area (Å²) in [6.07, 6.45) is 6.25. The zero-order valence-electron chi connectivity index (χ0n) is 11.0. The Hall–Kier alpha value is -1.49. The molecule has 2 rings (SSSR count). The lowest BCUT2D eigenvalue weighted by Gasteiger charge is -2.36. The van der Waals surface area contributed by atoms with E-state index in [2.05, 4.69) is 22.0 Å². The number of anilines is 1. The van der Waals surface area contributed by atoms with Crippen molar-refractivity contribution in [2.75, 3.05) is 11.4 Å². The molecule has 0 bridgehead atoms. The molecule has 6 heteroatoms. The van der Waals surface area contributed by atoms with Crippen molar-refractivity contribution in [2.45, 2.75) is 38.6 Å². The summed E-state index contributed by atoms with van der Waals surface area (Å²) in [5, 5.41) is 12.2. The smallest absolute Gasteiger partial charge is 0.171 e. The minimum Gasteiger partial charge on any atom is -0.409 e. The fourth-order valence-corrected chi connectivity index (χ4v) is 2.91. The van der Waals surface area contributed by atoms with Crippen LogP contribution in [0.15, 0.2) is 17.4 Å². The van der Waals surface area contributed by atoms with E-state index >= 15 is 0 Å². The first-order valence-corrected chi connectivity index (χ1v) is 6.95. The van der Waals surface area contributed by atoms with Crippen LogP contribution in [0.5, 0.6) is 0 Å². The van der Waals surface area contributed by atoms with Gasteiger partial charge in [-0.2, -0.15) is 0 Å². The molecule has 1 aromatic heterocycles. The molecule has 0 radical (unpaired) electrons. The molecule has 1 aromatic rings. The number of nitrogens with zero attached hydrogens (tertiary/aromatic N) is 3. The first kappa shape index (κ1) is 13.9. The van der Waals surface area contributed by atoms with E-state index in [9.17, 15) is 0 Å². The zero-order valence-corrected chi connectivity index (χ0v) is 11.8. The Morgan fingerprint density at radius 2 is 2.42 bits per heavy atom. The number of hydrogen-bond donors (Lipinski definition) is 2. The number of piperidine rings is 1. The fraction of sp³-hybridized carbons (Fsp3) is 0.538. The molecule has 1 fully saturated rings. The minimum atomic E-state index is 0.0127. The van der Waals surface area contributed by atoms with Gasteiger partial charge in [0, 0.05) is 24.3 Å². The number of hydrogen-bond acceptors (Lipinski definition) is 4. The first-order valence-electron chi connectivity index (χ1n) is 6.58. The van der Waals surface area contributed by atoms with E-state index in [1.807, 2.05) is 0 Å². The molecule has 19 heavy (non-hydrogen) atoms. The molecule has 0 saturated carbocycles. The van der Waals surface area contributed by atoms with Gasteiger partial charge in [0.15, 0.2) is 5.84 Å². The molecule has 3 N–H and O–H groups in total. The van der Waals surface area contributed by atoms with E-state index in [4.69, 9.17) is 22.5 Å². The van der Waals surface area contributed by atoms with Crippen LogP contribution in [0, 0.1) is 0 Å². The van der Waals surface area contributed by atoms with Crippen LogP contribution < -0.4 is 10.6 Å². The van der Waals surface area contributed by atoms with Gasteiger partial charge in [-0.05, 0) is 31.7 Å². The van der Waals surface area contributed by atoms with Gasteiger partial charge in [-0.25, -0.2) is 4.98 Å². The average molecular weight is 283 g/mol. The van der Waals surface area contributed by atoms with Crippen LogP contribution in [0.4, 0.5) is 5.82 Å². The van der Waals surface area contributed by atoms with Crippen LogP contribution >= 0.6 is 11.6 Å². The first-order chi connectivity index (χ1) is 9.19. The molecule has 1 unspecified atom stereocenters. The Kier molecular flexibility index (Phi) is 4.47. The van der Waals surface area contributed by atoms with Crippen LogP contribution in [-0.2, 0) is 0 Å². The molecular weight excluding hydrogens is 264 g/mol. The van der Waals surface area contributed by atoms with E-state index in [-0.39, 0.29) is 5.84 Å². The number of aromatic nitrogens is 1. The third-order valence-corrected chi connectivity index (χ3v) is 4.00. The molecule has 1 aliphatic rings. The summed E-state index contributed by atoms with van der Waals surface area (Å²) in [6.45, 7) is 3.12. The van der Waals surface area contributed by atoms with Gasteiger partial charge in [0.05, 0.1) is 5.02 Å². The van der Waals surface area contributed by atoms with Crippen LogP contribution in [0.3, 0.4) is 0 Å². The summed E-state index contributed by atoms with van der Waals surface area (Å²) < 4.78 is 0. The number of rotatable bonds is 3. The molecule has 1 aliphatic heterocycles. The predicted molar refractivity (Wildman–Crippen MR) is 77.0 cm³/mol. The highest BCUT2D eigenvalue weighted by Crippen LogP contribution is 2.32. The monoisotopic (exact) mass is 282 g/mol. The molecule has 1 saturated heterocycles. The Labute approximate surface area is 118 Å². The molecule has 0 aromatic carbocycles. The largest absolute Gasteiger partial charge is 0.409 e. The highest BCUT2D eigenvalue weighted by atomic mass is 35.5. The number of pyridine rings is 1. The van der Waals surface area contributed by atoms with Gasteiger partial charge in [0.25, 0.3) is 0 Å². The normalized spacial score (nSPS) is 20.6. The van der Waals surface area contributed by atoms with E-state index < -0.39 is 0 Å². The average Bonchev–Trinajstić information content (AvgIpc) is 2.46. The van der Waals surface area contributed by atoms with Gasteiger partial charge in [-0.1, -0.05) is 23.7 Å². The van der Waals surface area contributed by atoms with Crippen LogP contribution in [-0.4, -0.2) is 28.6 Å². The van der Waals surface area contributed by atoms with E-state index in [0.29, 0.717) is 16.6 Å². The summed E-state index contributed by atoms with van der Waals surface area (Å²) in [7, 11) is 0. The maximum Gasteiger partial charge on any atom is 0.171 e. The topological polar surface area (TPSA) is 74.7 Å². The standard InChI is InChI=1S/C13H19ClN4O/c1-2-9-5-3-4-8-18(9)13-11(14)10(6-7-16-13)12(15)17-19/h6-7,9,19H,2-5,8H2,1H3,(H2,15,17). The number of amidine groups is 1. The lowest BCUT2D eigenvalue weighted by Crippen LogP contribution is -2.40. The van der Waals surface area contributed by atoms with Gasteiger partial charge < -0.3 is 15.8 Å². The Bertz CT molecular complexity index is 478. The maximum absolute atomic E-state index is 8.78. The Morgan fingerprint density at radius 3 is 3.11 bits per heavy atom. The third-order valence-electron chi connectivity index (χ3n) is 3.62. The second-order valence-corrected chi connectivity index (χ2v) is 5.11. The second-order valence-electron chi connectivity index (χ2n) is 4.73. The SMILES string of the molecule is CCC1CCCCN1c1nccc(/C(N)=N/O)c1Cl. The summed E-state index contributed by atoms with van der Waals surface area (Å²) >= 11 is 6.36. The lowest BCUT2D eigenvalue weighted by atomic mass is 10.00. The second kappa shape index (κ2) is 6.10. The van der Waals surface area contributed by atoms with Crippen molar-refractivity contribution in [3.05, 3.63) is 22.8 Å². The van der Waals surface area contributed by atoms with Gasteiger partial charge in [-0.15, -0.1) is 0 Å². The molecule has 104 valence electrons. The molecule has 2 heterocycles. The Morgan fingerprint density at radius 1 is 1.63 bits per heavy atom. The van der Waals surface area contributed by atoms with Gasteiger partial charge in [0.2, 0.25) is 0 Å². The van der Waals surface area contributed by atoms with Crippen molar-refractivity contribution in [2.24, 2.45) is 10.9 Å². The highest BCUT2D eigenvalue weighted by molar-refractivity contribution is 6.36. The number of halogens is 1. The van der Waals surface area contributed by atoms with Crippen molar-refractivity contribution >= 4 is 23.3 Å². The van der Waals surface area contributed by atoms with E-state index in [1.165, 1.54) is 6.42 Å². The summed E-state index contributed by atoms with van der Waals surface area (Å²) in [5.74, 6) is 0.746. The summed E-state index contributed by atoms with van der Waals surface area (Å²) in [6, 6.07) is 2.12. The molecular formula is C13H19ClN4O. The summed E-state index contributed by atoms with van der Waals surface area (Å²) in [4.78, 5) is 6.62. The van der Waals surface area contributed by atoms with Crippen molar-refractivity contribution in [3.63, 3.8) is 0 Å². The van der Waals surface area contributed by atoms with Crippen LogP contribution in [0.25, 0.3) is 0 Å². The predicted octanol–water partition coefficient (Wildman–Crippen LogP) is 2.60. The van der Waals surface area contributed by atoms with Crippen LogP contribution in [0.1, 0.15) is 38.2 Å². The van der Waals surface area contributed by atoms with Crippen molar-refractivity contribution < 1.29 is 5.21 Å². The van der Waals surface area contributed by atoms with Gasteiger partial charge in [-0.3, -0.25) is 0 Å². The van der Waals surface area contributed by atoms with Crippen molar-refractivity contribution in [3.8, 4) is 0 Å². The van der Waals surface area contributed by atoms with Crippen molar-refractivity contribution in [1.82, 2.24) is 4.98 Å². The van der Waals surface area contributed by atoms with Gasteiger partial charge >= 0.3 is 0 Å². The Balaban J connectivity index is 2.39. The van der Waals surface area contributed by atoms with E-state index in [0.717, 1.165) is 31.6 Å². The quantitative estimate of drug-likeness (QED) is 0.387. The molecule has 5 nitrogen and oxygen atoms in total.